The van der Waals surface area contributed by atoms with Gasteiger partial charge in [0.1, 0.15) is 17.4 Å². The second kappa shape index (κ2) is 8.87. The molecule has 1 amide bonds. The summed E-state index contributed by atoms with van der Waals surface area (Å²) in [5.74, 6) is -1.49. The number of nitrogens with one attached hydrogen (secondary N) is 1. The Balaban J connectivity index is 2.44. The number of amides is 1. The predicted molar refractivity (Wildman–Crippen MR) is 95.8 cm³/mol. The van der Waals surface area contributed by atoms with Crippen LogP contribution in [0.4, 0.5) is 0 Å². The summed E-state index contributed by atoms with van der Waals surface area (Å²) < 4.78 is 10.5. The molecule has 1 aliphatic heterocycles. The maximum absolute atomic E-state index is 12.4. The average molecular weight is 371 g/mol. The molecule has 0 aromatic heterocycles. The van der Waals surface area contributed by atoms with E-state index in [1.54, 1.807) is 38.1 Å². The molecule has 1 heterocycles. The summed E-state index contributed by atoms with van der Waals surface area (Å²) in [6.45, 7) is 3.42. The van der Waals surface area contributed by atoms with Gasteiger partial charge >= 0.3 is 5.97 Å². The fraction of sp³-hybridized carbons (Fsp3) is 0.316. The van der Waals surface area contributed by atoms with Crippen molar-refractivity contribution in [2.24, 2.45) is 5.73 Å². The molecule has 0 spiro atoms. The molecule has 8 nitrogen and oxygen atoms in total. The van der Waals surface area contributed by atoms with Gasteiger partial charge in [-0.15, -0.1) is 0 Å². The van der Waals surface area contributed by atoms with Crippen molar-refractivity contribution >= 4 is 11.9 Å². The van der Waals surface area contributed by atoms with Gasteiger partial charge in [-0.1, -0.05) is 12.1 Å². The fourth-order valence-electron chi connectivity index (χ4n) is 2.79. The molecule has 0 radical (unpaired) electrons. The second-order valence-electron chi connectivity index (χ2n) is 5.72. The van der Waals surface area contributed by atoms with Gasteiger partial charge in [0.05, 0.1) is 24.7 Å². The van der Waals surface area contributed by atoms with Crippen LogP contribution in [0.25, 0.3) is 0 Å². The van der Waals surface area contributed by atoms with Gasteiger partial charge in [0, 0.05) is 12.1 Å². The molecule has 4 N–H and O–H groups in total. The minimum absolute atomic E-state index is 0.0715. The van der Waals surface area contributed by atoms with Crippen LogP contribution >= 0.6 is 0 Å². The molecule has 2 rings (SSSR count). The zero-order valence-corrected chi connectivity index (χ0v) is 15.1. The summed E-state index contributed by atoms with van der Waals surface area (Å²) >= 11 is 0. The largest absolute Gasteiger partial charge is 0.463 e. The van der Waals surface area contributed by atoms with Crippen LogP contribution in [-0.2, 0) is 14.3 Å². The molecular formula is C19H21N3O5. The lowest BCUT2D eigenvalue weighted by molar-refractivity contribution is -0.139. The number of benzene rings is 1. The molecule has 1 aliphatic rings. The van der Waals surface area contributed by atoms with Gasteiger partial charge in [-0.25, -0.2) is 4.79 Å². The van der Waals surface area contributed by atoms with E-state index in [0.717, 1.165) is 0 Å². The maximum atomic E-state index is 12.4. The number of hydrogen-bond donors (Lipinski definition) is 3. The van der Waals surface area contributed by atoms with Crippen LogP contribution < -0.4 is 11.1 Å². The van der Waals surface area contributed by atoms with Crippen molar-refractivity contribution < 1.29 is 24.2 Å². The van der Waals surface area contributed by atoms with Crippen molar-refractivity contribution in [2.75, 3.05) is 19.8 Å². The third-order valence-electron chi connectivity index (χ3n) is 4.00. The highest BCUT2D eigenvalue weighted by Gasteiger charge is 2.36. The number of nitriles is 1. The van der Waals surface area contributed by atoms with E-state index in [2.05, 4.69) is 5.32 Å². The van der Waals surface area contributed by atoms with Crippen LogP contribution in [0, 0.1) is 11.3 Å². The normalized spacial score (nSPS) is 16.4. The number of ether oxygens (including phenoxy) is 2. The van der Waals surface area contributed by atoms with E-state index in [1.165, 1.54) is 0 Å². The Hall–Kier alpha value is -3.31. The number of nitrogens with two attached hydrogens (primary N) is 1. The monoisotopic (exact) mass is 371 g/mol. The summed E-state index contributed by atoms with van der Waals surface area (Å²) in [4.78, 5) is 24.4. The summed E-state index contributed by atoms with van der Waals surface area (Å²) in [6.07, 6.45) is 0. The quantitative estimate of drug-likeness (QED) is 0.636. The van der Waals surface area contributed by atoms with E-state index < -0.39 is 11.9 Å². The Bertz CT molecular complexity index is 834. The Morgan fingerprint density at radius 1 is 1.37 bits per heavy atom. The number of rotatable bonds is 6. The highest BCUT2D eigenvalue weighted by Crippen LogP contribution is 2.39. The number of aliphatic hydroxyl groups excluding tert-OH is 1. The molecule has 0 aliphatic carbocycles. The van der Waals surface area contributed by atoms with Crippen molar-refractivity contribution in [1.82, 2.24) is 5.32 Å². The highest BCUT2D eigenvalue weighted by atomic mass is 16.5. The van der Waals surface area contributed by atoms with Crippen molar-refractivity contribution in [2.45, 2.75) is 19.8 Å². The third kappa shape index (κ3) is 4.27. The smallest absolute Gasteiger partial charge is 0.338 e. The zero-order chi connectivity index (χ0) is 20.0. The SMILES string of the molecule is CCOC(=O)C1=C(C)OC(N)=C(C#N)C1c1ccc(C(=O)NCCO)cc1. The first-order chi connectivity index (χ1) is 12.9. The molecule has 0 saturated carbocycles. The second-order valence-corrected chi connectivity index (χ2v) is 5.72. The van der Waals surface area contributed by atoms with Gasteiger partial charge in [-0.2, -0.15) is 5.26 Å². The first-order valence-electron chi connectivity index (χ1n) is 8.39. The number of carbonyl (C=O) groups is 2. The lowest BCUT2D eigenvalue weighted by atomic mass is 9.83. The molecule has 27 heavy (non-hydrogen) atoms. The van der Waals surface area contributed by atoms with E-state index in [0.29, 0.717) is 11.1 Å². The minimum atomic E-state index is -0.752. The number of allylic oxidation sites excluding steroid dienone is 2. The topological polar surface area (TPSA) is 135 Å². The Morgan fingerprint density at radius 2 is 2.04 bits per heavy atom. The minimum Gasteiger partial charge on any atom is -0.463 e. The van der Waals surface area contributed by atoms with Gasteiger partial charge in [0.15, 0.2) is 0 Å². The zero-order valence-electron chi connectivity index (χ0n) is 15.1. The van der Waals surface area contributed by atoms with Crippen LogP contribution in [0.5, 0.6) is 0 Å². The van der Waals surface area contributed by atoms with Crippen LogP contribution in [0.3, 0.4) is 0 Å². The van der Waals surface area contributed by atoms with E-state index >= 15 is 0 Å². The van der Waals surface area contributed by atoms with Crippen LogP contribution in [0.2, 0.25) is 0 Å². The van der Waals surface area contributed by atoms with Gasteiger partial charge in [0.2, 0.25) is 5.88 Å². The molecule has 8 heteroatoms. The molecule has 1 aromatic rings. The van der Waals surface area contributed by atoms with Crippen LogP contribution in [0.1, 0.15) is 35.7 Å². The average Bonchev–Trinajstić information content (AvgIpc) is 2.65. The number of nitrogens with zero attached hydrogens (tertiary/aromatic N) is 1. The van der Waals surface area contributed by atoms with Gasteiger partial charge < -0.3 is 25.6 Å². The number of esters is 1. The van der Waals surface area contributed by atoms with E-state index in [4.69, 9.17) is 20.3 Å². The summed E-state index contributed by atoms with van der Waals surface area (Å²) in [6, 6.07) is 8.42. The highest BCUT2D eigenvalue weighted by molar-refractivity contribution is 5.95. The molecule has 142 valence electrons. The summed E-state index contributed by atoms with van der Waals surface area (Å²) in [5.41, 5.74) is 7.11. The molecular weight excluding hydrogens is 350 g/mol. The van der Waals surface area contributed by atoms with E-state index in [1.807, 2.05) is 6.07 Å². The van der Waals surface area contributed by atoms with E-state index in [-0.39, 0.29) is 48.5 Å². The van der Waals surface area contributed by atoms with Gasteiger partial charge in [-0.05, 0) is 31.5 Å². The first-order valence-corrected chi connectivity index (χ1v) is 8.39. The van der Waals surface area contributed by atoms with Crippen molar-refractivity contribution in [3.63, 3.8) is 0 Å². The van der Waals surface area contributed by atoms with Crippen molar-refractivity contribution in [3.8, 4) is 6.07 Å². The molecule has 0 saturated heterocycles. The van der Waals surface area contributed by atoms with Crippen molar-refractivity contribution in [3.05, 3.63) is 58.2 Å². The molecule has 1 unspecified atom stereocenters. The van der Waals surface area contributed by atoms with Crippen LogP contribution in [0.15, 0.2) is 47.1 Å². The van der Waals surface area contributed by atoms with Crippen molar-refractivity contribution in [1.29, 1.82) is 5.26 Å². The third-order valence-corrected chi connectivity index (χ3v) is 4.00. The van der Waals surface area contributed by atoms with Gasteiger partial charge in [-0.3, -0.25) is 4.79 Å². The molecule has 0 bridgehead atoms. The maximum Gasteiger partial charge on any atom is 0.338 e. The lowest BCUT2D eigenvalue weighted by Crippen LogP contribution is -2.27. The number of carbonyl (C=O) groups excluding carboxylic acids is 2. The first kappa shape index (κ1) is 20.0. The predicted octanol–water partition coefficient (Wildman–Crippen LogP) is 1.05. The fourth-order valence-corrected chi connectivity index (χ4v) is 2.79. The summed E-state index contributed by atoms with van der Waals surface area (Å²) in [7, 11) is 0. The van der Waals surface area contributed by atoms with Crippen LogP contribution in [-0.4, -0.2) is 36.7 Å². The Morgan fingerprint density at radius 3 is 2.59 bits per heavy atom. The van der Waals surface area contributed by atoms with E-state index in [9.17, 15) is 14.9 Å². The molecule has 0 fully saturated rings. The number of aliphatic hydroxyl groups is 1. The Labute approximate surface area is 156 Å². The molecule has 1 aromatic carbocycles. The standard InChI is InChI=1S/C19H21N3O5/c1-3-26-19(25)15-11(2)27-17(21)14(10-20)16(15)12-4-6-13(7-5-12)18(24)22-8-9-23/h4-7,16,23H,3,8-9,21H2,1-2H3,(H,22,24). The Kier molecular flexibility index (Phi) is 6.57. The molecule has 1 atom stereocenters. The number of hydrogen-bond acceptors (Lipinski definition) is 7. The summed E-state index contributed by atoms with van der Waals surface area (Å²) in [5, 5.41) is 20.9. The lowest BCUT2D eigenvalue weighted by Gasteiger charge is -2.26. The van der Waals surface area contributed by atoms with Gasteiger partial charge in [0.25, 0.3) is 5.91 Å².